The fourth-order valence-electron chi connectivity index (χ4n) is 2.82. The molecule has 0 atom stereocenters. The minimum absolute atomic E-state index is 0.134. The third kappa shape index (κ3) is 1.62. The lowest BCUT2D eigenvalue weighted by molar-refractivity contribution is -0.110. The van der Waals surface area contributed by atoms with E-state index in [1.807, 2.05) is 43.3 Å². The fourth-order valence-corrected chi connectivity index (χ4v) is 2.82. The molecule has 2 aromatic rings. The Hall–Kier alpha value is -2.88. The lowest BCUT2D eigenvalue weighted by atomic mass is 10.0. The van der Waals surface area contributed by atoms with Crippen LogP contribution in [-0.2, 0) is 4.79 Å². The van der Waals surface area contributed by atoms with Gasteiger partial charge < -0.3 is 10.6 Å². The third-order valence-electron chi connectivity index (χ3n) is 3.83. The van der Waals surface area contributed by atoms with E-state index in [1.54, 1.807) is 6.07 Å². The number of fused-ring (bicyclic) bond motifs is 2. The zero-order valence-corrected chi connectivity index (χ0v) is 11.4. The summed E-state index contributed by atoms with van der Waals surface area (Å²) in [4.78, 5) is 24.8. The van der Waals surface area contributed by atoms with E-state index in [1.165, 1.54) is 0 Å². The van der Waals surface area contributed by atoms with Crippen molar-refractivity contribution in [3.05, 3.63) is 64.9 Å². The summed E-state index contributed by atoms with van der Waals surface area (Å²) in [6.07, 6.45) is 0. The second kappa shape index (κ2) is 4.06. The van der Waals surface area contributed by atoms with Gasteiger partial charge in [-0.05, 0) is 31.2 Å². The second-order valence-electron chi connectivity index (χ2n) is 5.25. The van der Waals surface area contributed by atoms with Gasteiger partial charge in [0.2, 0.25) is 5.78 Å². The van der Waals surface area contributed by atoms with Crippen molar-refractivity contribution < 1.29 is 9.59 Å². The molecule has 0 saturated heterocycles. The average molecular weight is 276 g/mol. The Morgan fingerprint density at radius 1 is 0.857 bits per heavy atom. The average Bonchev–Trinajstić information content (AvgIpc) is 2.96. The van der Waals surface area contributed by atoms with Crippen molar-refractivity contribution in [1.29, 1.82) is 0 Å². The molecule has 1 amide bonds. The number of carbonyl (C=O) groups excluding carboxylic acids is 2. The van der Waals surface area contributed by atoms with E-state index >= 15 is 0 Å². The number of allylic oxidation sites excluding steroid dienone is 1. The first-order valence-corrected chi connectivity index (χ1v) is 6.72. The number of ketones is 1. The Morgan fingerprint density at radius 2 is 1.62 bits per heavy atom. The van der Waals surface area contributed by atoms with Crippen LogP contribution in [0.2, 0.25) is 0 Å². The van der Waals surface area contributed by atoms with E-state index in [0.717, 1.165) is 22.5 Å². The molecule has 2 N–H and O–H groups in total. The highest BCUT2D eigenvalue weighted by Crippen LogP contribution is 2.38. The Kier molecular flexibility index (Phi) is 2.30. The van der Waals surface area contributed by atoms with Gasteiger partial charge in [0.15, 0.2) is 0 Å². The summed E-state index contributed by atoms with van der Waals surface area (Å²) in [6, 6.07) is 13.0. The zero-order chi connectivity index (χ0) is 14.6. The highest BCUT2D eigenvalue weighted by atomic mass is 16.2. The summed E-state index contributed by atoms with van der Waals surface area (Å²) in [5, 5.41) is 5.90. The third-order valence-corrected chi connectivity index (χ3v) is 3.83. The van der Waals surface area contributed by atoms with Gasteiger partial charge in [-0.2, -0.15) is 0 Å². The topological polar surface area (TPSA) is 58.2 Å². The van der Waals surface area contributed by atoms with Crippen molar-refractivity contribution in [2.75, 3.05) is 10.6 Å². The van der Waals surface area contributed by atoms with E-state index in [2.05, 4.69) is 10.6 Å². The van der Waals surface area contributed by atoms with E-state index in [0.29, 0.717) is 16.8 Å². The SMILES string of the molecule is Cc1ccc2c(c1)C(=C1Nc3ccccc3C1=O)C(=O)N2. The number of amides is 1. The minimum Gasteiger partial charge on any atom is -0.351 e. The van der Waals surface area contributed by atoms with Gasteiger partial charge in [0.25, 0.3) is 5.91 Å². The molecular weight excluding hydrogens is 264 g/mol. The zero-order valence-electron chi connectivity index (χ0n) is 11.4. The van der Waals surface area contributed by atoms with Crippen LogP contribution < -0.4 is 10.6 Å². The molecular formula is C17H12N2O2. The van der Waals surface area contributed by atoms with Crippen LogP contribution in [0.1, 0.15) is 21.5 Å². The smallest absolute Gasteiger partial charge is 0.258 e. The number of Topliss-reactive ketones (excluding diaryl/α,β-unsaturated/α-hetero) is 1. The minimum atomic E-state index is -0.237. The van der Waals surface area contributed by atoms with E-state index in [9.17, 15) is 9.59 Å². The highest BCUT2D eigenvalue weighted by molar-refractivity contribution is 6.38. The van der Waals surface area contributed by atoms with Crippen LogP contribution in [-0.4, -0.2) is 11.7 Å². The van der Waals surface area contributed by atoms with Crippen LogP contribution in [0.4, 0.5) is 11.4 Å². The Balaban J connectivity index is 1.94. The van der Waals surface area contributed by atoms with Crippen molar-refractivity contribution in [2.24, 2.45) is 0 Å². The maximum atomic E-state index is 12.5. The maximum Gasteiger partial charge on any atom is 0.258 e. The first-order valence-electron chi connectivity index (χ1n) is 6.72. The molecule has 2 aliphatic heterocycles. The number of anilines is 2. The summed E-state index contributed by atoms with van der Waals surface area (Å²) < 4.78 is 0. The summed E-state index contributed by atoms with van der Waals surface area (Å²) in [5.41, 5.74) is 4.72. The van der Waals surface area contributed by atoms with Gasteiger partial charge in [-0.1, -0.05) is 23.8 Å². The number of para-hydroxylation sites is 1. The molecule has 2 heterocycles. The van der Waals surface area contributed by atoms with E-state index in [-0.39, 0.29) is 11.7 Å². The van der Waals surface area contributed by atoms with Crippen molar-refractivity contribution >= 4 is 28.6 Å². The van der Waals surface area contributed by atoms with Crippen molar-refractivity contribution in [3.8, 4) is 0 Å². The summed E-state index contributed by atoms with van der Waals surface area (Å²) in [5.74, 6) is -0.371. The number of rotatable bonds is 0. The molecule has 0 radical (unpaired) electrons. The second-order valence-corrected chi connectivity index (χ2v) is 5.25. The molecule has 0 saturated carbocycles. The number of aryl methyl sites for hydroxylation is 1. The number of hydrogen-bond donors (Lipinski definition) is 2. The van der Waals surface area contributed by atoms with Crippen molar-refractivity contribution in [1.82, 2.24) is 0 Å². The lowest BCUT2D eigenvalue weighted by Crippen LogP contribution is -2.11. The Bertz CT molecular complexity index is 850. The molecule has 0 fully saturated rings. The molecule has 2 aromatic carbocycles. The monoisotopic (exact) mass is 276 g/mol. The molecule has 0 unspecified atom stereocenters. The number of hydrogen-bond acceptors (Lipinski definition) is 3. The van der Waals surface area contributed by atoms with Crippen LogP contribution >= 0.6 is 0 Å². The Labute approximate surface area is 121 Å². The molecule has 4 rings (SSSR count). The Morgan fingerprint density at radius 3 is 2.43 bits per heavy atom. The highest BCUT2D eigenvalue weighted by Gasteiger charge is 2.34. The van der Waals surface area contributed by atoms with Crippen LogP contribution in [0, 0.1) is 6.92 Å². The molecule has 2 aliphatic rings. The normalized spacial score (nSPS) is 19.1. The first-order chi connectivity index (χ1) is 10.1. The molecule has 0 aromatic heterocycles. The molecule has 4 nitrogen and oxygen atoms in total. The van der Waals surface area contributed by atoms with Gasteiger partial charge in [0.05, 0.1) is 5.57 Å². The molecule has 4 heteroatoms. The van der Waals surface area contributed by atoms with Crippen molar-refractivity contribution in [2.45, 2.75) is 6.92 Å². The van der Waals surface area contributed by atoms with Gasteiger partial charge in [-0.25, -0.2) is 0 Å². The van der Waals surface area contributed by atoms with Crippen LogP contribution in [0.15, 0.2) is 48.2 Å². The van der Waals surface area contributed by atoms with Gasteiger partial charge in [0, 0.05) is 22.5 Å². The molecule has 0 spiro atoms. The molecule has 21 heavy (non-hydrogen) atoms. The maximum absolute atomic E-state index is 12.5. The predicted octanol–water partition coefficient (Wildman–Crippen LogP) is 2.97. The quantitative estimate of drug-likeness (QED) is 0.727. The van der Waals surface area contributed by atoms with Gasteiger partial charge in [-0.3, -0.25) is 9.59 Å². The fraction of sp³-hybridized carbons (Fsp3) is 0.0588. The molecule has 0 bridgehead atoms. The first kappa shape index (κ1) is 11.9. The number of carbonyl (C=O) groups is 2. The lowest BCUT2D eigenvalue weighted by Gasteiger charge is -2.04. The number of nitrogens with one attached hydrogen (secondary N) is 2. The predicted molar refractivity (Wildman–Crippen MR) is 81.1 cm³/mol. The van der Waals surface area contributed by atoms with Crippen LogP contribution in [0.5, 0.6) is 0 Å². The van der Waals surface area contributed by atoms with Gasteiger partial charge in [0.1, 0.15) is 5.70 Å². The largest absolute Gasteiger partial charge is 0.351 e. The van der Waals surface area contributed by atoms with Crippen molar-refractivity contribution in [3.63, 3.8) is 0 Å². The van der Waals surface area contributed by atoms with E-state index < -0.39 is 0 Å². The molecule has 102 valence electrons. The van der Waals surface area contributed by atoms with Gasteiger partial charge >= 0.3 is 0 Å². The summed E-state index contributed by atoms with van der Waals surface area (Å²) >= 11 is 0. The van der Waals surface area contributed by atoms with Gasteiger partial charge in [-0.15, -0.1) is 0 Å². The van der Waals surface area contributed by atoms with E-state index in [4.69, 9.17) is 0 Å². The standard InChI is InChI=1S/C17H12N2O2/c1-9-6-7-13-11(8-9)14(17(21)19-13)15-16(20)10-4-2-3-5-12(10)18-15/h2-8,18H,1H3,(H,19,21). The molecule has 0 aliphatic carbocycles. The van der Waals surface area contributed by atoms with Crippen LogP contribution in [0.3, 0.4) is 0 Å². The number of benzene rings is 2. The van der Waals surface area contributed by atoms with Crippen LogP contribution in [0.25, 0.3) is 5.57 Å². The summed E-state index contributed by atoms with van der Waals surface area (Å²) in [6.45, 7) is 1.96. The summed E-state index contributed by atoms with van der Waals surface area (Å²) in [7, 11) is 0.